The van der Waals surface area contributed by atoms with Gasteiger partial charge in [0, 0.05) is 23.9 Å². The Morgan fingerprint density at radius 3 is 2.94 bits per heavy atom. The molecule has 98 valence electrons. The first kappa shape index (κ1) is 13.1. The summed E-state index contributed by atoms with van der Waals surface area (Å²) in [7, 11) is 2.15. The molecule has 0 aromatic carbocycles. The van der Waals surface area contributed by atoms with Gasteiger partial charge >= 0.3 is 0 Å². The van der Waals surface area contributed by atoms with E-state index in [0.29, 0.717) is 18.2 Å². The Kier molecular flexibility index (Phi) is 4.07. The van der Waals surface area contributed by atoms with Gasteiger partial charge in [-0.1, -0.05) is 0 Å². The molecule has 1 saturated heterocycles. The highest BCUT2D eigenvalue weighted by atomic mass is 16.1. The van der Waals surface area contributed by atoms with E-state index in [0.717, 1.165) is 17.9 Å². The van der Waals surface area contributed by atoms with Crippen LogP contribution in [0, 0.1) is 6.92 Å². The van der Waals surface area contributed by atoms with E-state index >= 15 is 0 Å². The average Bonchev–Trinajstić information content (AvgIpc) is 2.27. The van der Waals surface area contributed by atoms with Crippen molar-refractivity contribution in [1.82, 2.24) is 14.9 Å². The van der Waals surface area contributed by atoms with Crippen LogP contribution in [0.15, 0.2) is 6.07 Å². The molecular weight excluding hydrogens is 226 g/mol. The van der Waals surface area contributed by atoms with E-state index in [-0.39, 0.29) is 5.78 Å². The van der Waals surface area contributed by atoms with Crippen LogP contribution < -0.4 is 0 Å². The van der Waals surface area contributed by atoms with Crippen LogP contribution in [0.4, 0.5) is 0 Å². The Morgan fingerprint density at radius 2 is 2.28 bits per heavy atom. The molecule has 1 unspecified atom stereocenters. The lowest BCUT2D eigenvalue weighted by Crippen LogP contribution is -2.31. The van der Waals surface area contributed by atoms with Crippen LogP contribution in [0.3, 0.4) is 0 Å². The fourth-order valence-corrected chi connectivity index (χ4v) is 2.57. The number of likely N-dealkylation sites (tertiary alicyclic amines) is 1. The number of ketones is 1. The van der Waals surface area contributed by atoms with Crippen LogP contribution in [0.25, 0.3) is 0 Å². The zero-order chi connectivity index (χ0) is 13.1. The minimum Gasteiger partial charge on any atom is -0.306 e. The molecule has 1 fully saturated rings. The highest BCUT2D eigenvalue weighted by molar-refractivity contribution is 5.77. The molecule has 0 aliphatic carbocycles. The summed E-state index contributed by atoms with van der Waals surface area (Å²) < 4.78 is 0. The van der Waals surface area contributed by atoms with Crippen LogP contribution in [-0.2, 0) is 11.2 Å². The molecule has 2 heterocycles. The van der Waals surface area contributed by atoms with E-state index in [1.807, 2.05) is 6.92 Å². The Hall–Kier alpha value is -1.29. The predicted molar refractivity (Wildman–Crippen MR) is 70.6 cm³/mol. The summed E-state index contributed by atoms with van der Waals surface area (Å²) >= 11 is 0. The third-order valence-corrected chi connectivity index (χ3v) is 3.37. The lowest BCUT2D eigenvalue weighted by atomic mass is 9.94. The highest BCUT2D eigenvalue weighted by Gasteiger charge is 2.21. The Bertz CT molecular complexity index is 445. The van der Waals surface area contributed by atoms with E-state index < -0.39 is 0 Å². The van der Waals surface area contributed by atoms with E-state index in [1.54, 1.807) is 6.92 Å². The van der Waals surface area contributed by atoms with Crippen molar-refractivity contribution in [3.63, 3.8) is 0 Å². The van der Waals surface area contributed by atoms with Crippen molar-refractivity contribution in [3.8, 4) is 0 Å². The second-order valence-corrected chi connectivity index (χ2v) is 5.33. The molecule has 0 spiro atoms. The molecular formula is C14H21N3O. The van der Waals surface area contributed by atoms with Crippen LogP contribution in [-0.4, -0.2) is 40.8 Å². The molecule has 1 atom stereocenters. The predicted octanol–water partition coefficient (Wildman–Crippen LogP) is 1.73. The minimum atomic E-state index is 0.118. The molecule has 0 radical (unpaired) electrons. The second kappa shape index (κ2) is 5.57. The van der Waals surface area contributed by atoms with Crippen molar-refractivity contribution < 1.29 is 4.79 Å². The molecule has 0 N–H and O–H groups in total. The van der Waals surface area contributed by atoms with Gasteiger partial charge in [0.15, 0.2) is 0 Å². The van der Waals surface area contributed by atoms with Crippen molar-refractivity contribution in [2.45, 2.75) is 39.0 Å². The quantitative estimate of drug-likeness (QED) is 0.816. The highest BCUT2D eigenvalue weighted by Crippen LogP contribution is 2.25. The van der Waals surface area contributed by atoms with Gasteiger partial charge in [-0.15, -0.1) is 0 Å². The first-order valence-corrected chi connectivity index (χ1v) is 6.57. The molecule has 4 heteroatoms. The fourth-order valence-electron chi connectivity index (χ4n) is 2.57. The number of aromatic nitrogens is 2. The summed E-state index contributed by atoms with van der Waals surface area (Å²) in [5.41, 5.74) is 2.06. The van der Waals surface area contributed by atoms with Crippen molar-refractivity contribution >= 4 is 5.78 Å². The second-order valence-electron chi connectivity index (χ2n) is 5.33. The van der Waals surface area contributed by atoms with Crippen molar-refractivity contribution in [2.75, 3.05) is 20.1 Å². The van der Waals surface area contributed by atoms with Gasteiger partial charge in [0.2, 0.25) is 0 Å². The average molecular weight is 247 g/mol. The first-order chi connectivity index (χ1) is 8.54. The van der Waals surface area contributed by atoms with Gasteiger partial charge in [0.25, 0.3) is 0 Å². The largest absolute Gasteiger partial charge is 0.306 e. The minimum absolute atomic E-state index is 0.118. The lowest BCUT2D eigenvalue weighted by Gasteiger charge is -2.29. The van der Waals surface area contributed by atoms with Gasteiger partial charge in [-0.05, 0) is 46.3 Å². The van der Waals surface area contributed by atoms with E-state index in [4.69, 9.17) is 0 Å². The third-order valence-electron chi connectivity index (χ3n) is 3.37. The number of piperidine rings is 1. The van der Waals surface area contributed by atoms with E-state index in [1.165, 1.54) is 19.4 Å². The van der Waals surface area contributed by atoms with Crippen molar-refractivity contribution in [2.24, 2.45) is 0 Å². The fraction of sp³-hybridized carbons (Fsp3) is 0.643. The molecule has 18 heavy (non-hydrogen) atoms. The number of Topliss-reactive ketones (excluding diaryl/α,β-unsaturated/α-hetero) is 1. The van der Waals surface area contributed by atoms with Gasteiger partial charge in [0.05, 0.1) is 6.42 Å². The van der Waals surface area contributed by atoms with Gasteiger partial charge < -0.3 is 4.90 Å². The molecule has 0 bridgehead atoms. The van der Waals surface area contributed by atoms with Crippen molar-refractivity contribution in [3.05, 3.63) is 23.3 Å². The standard InChI is InChI=1S/C14H21N3O/c1-10-7-13(12-5-4-6-17(3)9-12)16-14(15-10)8-11(2)18/h7,12H,4-6,8-9H2,1-3H3. The smallest absolute Gasteiger partial charge is 0.137 e. The zero-order valence-electron chi connectivity index (χ0n) is 11.4. The maximum atomic E-state index is 11.2. The number of nitrogens with zero attached hydrogens (tertiary/aromatic N) is 3. The SMILES string of the molecule is CC(=O)Cc1nc(C)cc(C2CCCN(C)C2)n1. The van der Waals surface area contributed by atoms with Gasteiger partial charge in [0.1, 0.15) is 11.6 Å². The summed E-state index contributed by atoms with van der Waals surface area (Å²) in [6.07, 6.45) is 2.74. The Balaban J connectivity index is 2.21. The van der Waals surface area contributed by atoms with Crippen molar-refractivity contribution in [1.29, 1.82) is 0 Å². The summed E-state index contributed by atoms with van der Waals surface area (Å²) in [5, 5.41) is 0. The molecule has 1 aromatic rings. The van der Waals surface area contributed by atoms with Gasteiger partial charge in [-0.3, -0.25) is 4.79 Å². The summed E-state index contributed by atoms with van der Waals surface area (Å²) in [5.74, 6) is 1.27. The summed E-state index contributed by atoms with van der Waals surface area (Å²) in [6, 6.07) is 2.06. The molecule has 0 amide bonds. The van der Waals surface area contributed by atoms with E-state index in [2.05, 4.69) is 28.0 Å². The first-order valence-electron chi connectivity index (χ1n) is 6.57. The summed E-state index contributed by atoms with van der Waals surface area (Å²) in [4.78, 5) is 22.4. The third kappa shape index (κ3) is 3.35. The number of likely N-dealkylation sites (N-methyl/N-ethyl adjacent to an activating group) is 1. The molecule has 1 aliphatic rings. The zero-order valence-corrected chi connectivity index (χ0v) is 11.4. The molecule has 1 aromatic heterocycles. The molecule has 0 saturated carbocycles. The monoisotopic (exact) mass is 247 g/mol. The molecule has 4 nitrogen and oxygen atoms in total. The maximum absolute atomic E-state index is 11.2. The van der Waals surface area contributed by atoms with Crippen LogP contribution in [0.5, 0.6) is 0 Å². The van der Waals surface area contributed by atoms with E-state index in [9.17, 15) is 4.79 Å². The van der Waals surface area contributed by atoms with Gasteiger partial charge in [-0.2, -0.15) is 0 Å². The van der Waals surface area contributed by atoms with Crippen LogP contribution >= 0.6 is 0 Å². The molecule has 2 rings (SSSR count). The Labute approximate surface area is 108 Å². The van der Waals surface area contributed by atoms with Crippen LogP contribution in [0.2, 0.25) is 0 Å². The number of carbonyl (C=O) groups excluding carboxylic acids is 1. The number of rotatable bonds is 3. The Morgan fingerprint density at radius 1 is 1.50 bits per heavy atom. The number of hydrogen-bond donors (Lipinski definition) is 0. The molecule has 1 aliphatic heterocycles. The van der Waals surface area contributed by atoms with Gasteiger partial charge in [-0.25, -0.2) is 9.97 Å². The lowest BCUT2D eigenvalue weighted by molar-refractivity contribution is -0.116. The number of carbonyl (C=O) groups is 1. The maximum Gasteiger partial charge on any atom is 0.137 e. The topological polar surface area (TPSA) is 46.1 Å². The normalized spacial score (nSPS) is 20.9. The number of aryl methyl sites for hydroxylation is 1. The number of hydrogen-bond acceptors (Lipinski definition) is 4. The van der Waals surface area contributed by atoms with Crippen LogP contribution in [0.1, 0.15) is 42.9 Å². The summed E-state index contributed by atoms with van der Waals surface area (Å²) in [6.45, 7) is 5.78.